The van der Waals surface area contributed by atoms with Crippen LogP contribution in [0.25, 0.3) is 9.88 Å². The maximum Gasteiger partial charge on any atom is 0.206 e. The highest BCUT2D eigenvalue weighted by atomic mass is 32.1. The summed E-state index contributed by atoms with van der Waals surface area (Å²) in [5.41, 5.74) is 1.15. The van der Waals surface area contributed by atoms with Gasteiger partial charge in [0, 0.05) is 12.5 Å². The van der Waals surface area contributed by atoms with E-state index >= 15 is 0 Å². The van der Waals surface area contributed by atoms with Crippen LogP contribution in [0.5, 0.6) is 0 Å². The van der Waals surface area contributed by atoms with Crippen LogP contribution in [0.2, 0.25) is 0 Å². The minimum Gasteiger partial charge on any atom is -0.360 e. The van der Waals surface area contributed by atoms with Gasteiger partial charge in [0.25, 0.3) is 0 Å². The first kappa shape index (κ1) is 15.4. The van der Waals surface area contributed by atoms with Crippen LogP contribution < -0.4 is 5.32 Å². The minimum atomic E-state index is 0.407. The van der Waals surface area contributed by atoms with Gasteiger partial charge in [-0.2, -0.15) is 0 Å². The van der Waals surface area contributed by atoms with Gasteiger partial charge in [-0.1, -0.05) is 46.0 Å². The summed E-state index contributed by atoms with van der Waals surface area (Å²) < 4.78 is 0. The second kappa shape index (κ2) is 6.63. The van der Waals surface area contributed by atoms with Crippen LogP contribution in [0.3, 0.4) is 0 Å². The van der Waals surface area contributed by atoms with Crippen molar-refractivity contribution in [2.45, 2.75) is 52.9 Å². The molecule has 0 bridgehead atoms. The molecule has 0 aliphatic carbocycles. The van der Waals surface area contributed by atoms with Crippen molar-refractivity contribution in [1.29, 1.82) is 0 Å². The van der Waals surface area contributed by atoms with Gasteiger partial charge < -0.3 is 5.32 Å². The quantitative estimate of drug-likeness (QED) is 0.838. The molecule has 0 saturated heterocycles. The largest absolute Gasteiger partial charge is 0.360 e. The molecular weight excluding hydrogens is 288 g/mol. The highest BCUT2D eigenvalue weighted by Gasteiger charge is 2.20. The van der Waals surface area contributed by atoms with Crippen LogP contribution in [0.4, 0.5) is 5.13 Å². The molecular formula is C14H22N4S2. The van der Waals surface area contributed by atoms with Gasteiger partial charge >= 0.3 is 0 Å². The Bertz CT molecular complexity index is 557. The molecule has 0 amide bonds. The number of anilines is 1. The number of hydrogen-bond donors (Lipinski definition) is 1. The lowest BCUT2D eigenvalue weighted by molar-refractivity contribution is 0.793. The van der Waals surface area contributed by atoms with Gasteiger partial charge in [-0.05, 0) is 12.3 Å². The van der Waals surface area contributed by atoms with Crippen molar-refractivity contribution in [3.8, 4) is 9.88 Å². The van der Waals surface area contributed by atoms with Crippen LogP contribution in [-0.4, -0.2) is 21.7 Å². The Balaban J connectivity index is 2.33. The Hall–Kier alpha value is -1.01. The van der Waals surface area contributed by atoms with E-state index in [1.54, 1.807) is 22.7 Å². The zero-order valence-electron chi connectivity index (χ0n) is 12.7. The molecule has 2 rings (SSSR count). The average Bonchev–Trinajstić information content (AvgIpc) is 3.02. The fourth-order valence-electron chi connectivity index (χ4n) is 1.76. The third kappa shape index (κ3) is 3.35. The van der Waals surface area contributed by atoms with E-state index in [0.29, 0.717) is 11.8 Å². The molecule has 20 heavy (non-hydrogen) atoms. The lowest BCUT2D eigenvalue weighted by Crippen LogP contribution is -1.98. The number of nitrogens with one attached hydrogen (secondary N) is 1. The molecule has 4 nitrogen and oxygen atoms in total. The number of hydrogen-bond acceptors (Lipinski definition) is 6. The smallest absolute Gasteiger partial charge is 0.206 e. The molecule has 2 heterocycles. The molecule has 0 spiro atoms. The molecule has 2 aromatic heterocycles. The van der Waals surface area contributed by atoms with E-state index in [1.807, 2.05) is 0 Å². The van der Waals surface area contributed by atoms with Crippen LogP contribution in [0.1, 0.15) is 63.6 Å². The Kier molecular flexibility index (Phi) is 5.10. The highest BCUT2D eigenvalue weighted by Crippen LogP contribution is 2.39. The maximum absolute atomic E-state index is 4.79. The summed E-state index contributed by atoms with van der Waals surface area (Å²) in [5, 5.41) is 14.9. The standard InChI is InChI=1S/C14H22N4S2/c1-6-7-15-14-18-17-13(20-14)11-10(8(2)3)16-12(19-11)9(4)5/h8-9H,6-7H2,1-5H3,(H,15,18). The van der Waals surface area contributed by atoms with Gasteiger partial charge in [-0.15, -0.1) is 21.5 Å². The van der Waals surface area contributed by atoms with Crippen molar-refractivity contribution in [3.05, 3.63) is 10.7 Å². The third-order valence-electron chi connectivity index (χ3n) is 2.86. The van der Waals surface area contributed by atoms with E-state index in [4.69, 9.17) is 4.98 Å². The predicted molar refractivity (Wildman–Crippen MR) is 88.0 cm³/mol. The van der Waals surface area contributed by atoms with Crippen LogP contribution in [-0.2, 0) is 0 Å². The summed E-state index contributed by atoms with van der Waals surface area (Å²) in [5.74, 6) is 0.863. The first-order valence-electron chi connectivity index (χ1n) is 7.11. The summed E-state index contributed by atoms with van der Waals surface area (Å²) >= 11 is 3.37. The monoisotopic (exact) mass is 310 g/mol. The fourth-order valence-corrected chi connectivity index (χ4v) is 3.83. The van der Waals surface area contributed by atoms with Crippen LogP contribution >= 0.6 is 22.7 Å². The average molecular weight is 310 g/mol. The van der Waals surface area contributed by atoms with Crippen molar-refractivity contribution in [3.63, 3.8) is 0 Å². The number of rotatable bonds is 6. The third-order valence-corrected chi connectivity index (χ3v) is 5.26. The Morgan fingerprint density at radius 1 is 1.05 bits per heavy atom. The molecule has 0 aliphatic rings. The Morgan fingerprint density at radius 3 is 2.40 bits per heavy atom. The highest BCUT2D eigenvalue weighted by molar-refractivity contribution is 7.23. The normalized spacial score (nSPS) is 11.6. The van der Waals surface area contributed by atoms with Crippen LogP contribution in [0.15, 0.2) is 0 Å². The lowest BCUT2D eigenvalue weighted by atomic mass is 10.1. The van der Waals surface area contributed by atoms with Crippen molar-refractivity contribution in [2.24, 2.45) is 0 Å². The molecule has 6 heteroatoms. The Morgan fingerprint density at radius 2 is 1.80 bits per heavy atom. The molecule has 0 fully saturated rings. The van der Waals surface area contributed by atoms with Crippen molar-refractivity contribution in [2.75, 3.05) is 11.9 Å². The topological polar surface area (TPSA) is 50.7 Å². The van der Waals surface area contributed by atoms with E-state index in [9.17, 15) is 0 Å². The second-order valence-corrected chi connectivity index (χ2v) is 7.42. The summed E-state index contributed by atoms with van der Waals surface area (Å²) in [6.45, 7) is 11.8. The van der Waals surface area contributed by atoms with Gasteiger partial charge in [-0.3, -0.25) is 0 Å². The molecule has 0 unspecified atom stereocenters. The molecule has 0 aromatic carbocycles. The van der Waals surface area contributed by atoms with Gasteiger partial charge in [0.2, 0.25) is 5.13 Å². The SMILES string of the molecule is CCCNc1nnc(-c2sc(C(C)C)nc2C(C)C)s1. The molecule has 0 atom stereocenters. The molecule has 0 aliphatic heterocycles. The number of nitrogens with zero attached hydrogens (tertiary/aromatic N) is 3. The van der Waals surface area contributed by atoms with Gasteiger partial charge in [0.15, 0.2) is 5.01 Å². The molecule has 110 valence electrons. The maximum atomic E-state index is 4.79. The predicted octanol–water partition coefficient (Wildman–Crippen LogP) is 4.73. The van der Waals surface area contributed by atoms with E-state index in [2.05, 4.69) is 50.1 Å². The molecule has 1 N–H and O–H groups in total. The number of aromatic nitrogens is 3. The fraction of sp³-hybridized carbons (Fsp3) is 0.643. The van der Waals surface area contributed by atoms with E-state index in [1.165, 1.54) is 9.88 Å². The van der Waals surface area contributed by atoms with E-state index in [-0.39, 0.29) is 0 Å². The zero-order valence-corrected chi connectivity index (χ0v) is 14.4. The first-order valence-corrected chi connectivity index (χ1v) is 8.74. The van der Waals surface area contributed by atoms with Gasteiger partial charge in [-0.25, -0.2) is 4.98 Å². The molecule has 0 saturated carbocycles. The second-order valence-electron chi connectivity index (χ2n) is 5.42. The number of thiazole rings is 1. The molecule has 0 radical (unpaired) electrons. The zero-order chi connectivity index (χ0) is 14.7. The van der Waals surface area contributed by atoms with E-state index in [0.717, 1.165) is 28.8 Å². The van der Waals surface area contributed by atoms with Crippen molar-refractivity contribution >= 4 is 27.8 Å². The summed E-state index contributed by atoms with van der Waals surface area (Å²) in [6, 6.07) is 0. The van der Waals surface area contributed by atoms with Crippen LogP contribution in [0, 0.1) is 0 Å². The first-order chi connectivity index (χ1) is 9.52. The van der Waals surface area contributed by atoms with Crippen molar-refractivity contribution < 1.29 is 0 Å². The molecule has 2 aromatic rings. The van der Waals surface area contributed by atoms with Gasteiger partial charge in [0.05, 0.1) is 15.6 Å². The minimum absolute atomic E-state index is 0.407. The lowest BCUT2D eigenvalue weighted by Gasteiger charge is -2.01. The van der Waals surface area contributed by atoms with E-state index < -0.39 is 0 Å². The summed E-state index contributed by atoms with van der Waals surface area (Å²) in [6.07, 6.45) is 1.09. The Labute approximate surface area is 128 Å². The van der Waals surface area contributed by atoms with Gasteiger partial charge in [0.1, 0.15) is 0 Å². The van der Waals surface area contributed by atoms with Crippen molar-refractivity contribution in [1.82, 2.24) is 15.2 Å². The summed E-state index contributed by atoms with van der Waals surface area (Å²) in [4.78, 5) is 5.98. The summed E-state index contributed by atoms with van der Waals surface area (Å²) in [7, 11) is 0.